The summed E-state index contributed by atoms with van der Waals surface area (Å²) in [6, 6.07) is 9.08. The summed E-state index contributed by atoms with van der Waals surface area (Å²) < 4.78 is 6.11. The summed E-state index contributed by atoms with van der Waals surface area (Å²) in [5.41, 5.74) is 1.33. The van der Waals surface area contributed by atoms with E-state index in [2.05, 4.69) is 4.98 Å². The van der Waals surface area contributed by atoms with Crippen LogP contribution < -0.4 is 4.90 Å². The zero-order chi connectivity index (χ0) is 18.5. The molecular formula is C20H17ClN2O3S. The molecule has 4 unspecified atom stereocenters. The number of carbonyl (C=O) groups is 2. The van der Waals surface area contributed by atoms with E-state index in [1.807, 2.05) is 35.7 Å². The minimum atomic E-state index is -0.510. The standard InChI is InChI=1S/C20H17ClN2O3S/c21-12-6-7-14-13(10-12)17(24)15-16(11-4-2-1-3-5-11)23(19(25)18(15)26-14)20-22-8-9-27-20/h1-5,8-9,12-14,16H,6-7,10H2. The second-order valence-corrected chi connectivity index (χ2v) is 8.57. The minimum absolute atomic E-state index is 0.00661. The molecule has 27 heavy (non-hydrogen) atoms. The van der Waals surface area contributed by atoms with E-state index in [-0.39, 0.29) is 34.8 Å². The van der Waals surface area contributed by atoms with Crippen LogP contribution in [0.2, 0.25) is 0 Å². The topological polar surface area (TPSA) is 59.5 Å². The highest BCUT2D eigenvalue weighted by molar-refractivity contribution is 7.13. The van der Waals surface area contributed by atoms with Crippen LogP contribution in [0.25, 0.3) is 0 Å². The Morgan fingerprint density at radius 2 is 2.00 bits per heavy atom. The summed E-state index contributed by atoms with van der Waals surface area (Å²) in [6.07, 6.45) is 3.48. The molecule has 1 aromatic carbocycles. The molecule has 2 aliphatic heterocycles. The molecule has 5 rings (SSSR count). The summed E-state index contributed by atoms with van der Waals surface area (Å²) in [4.78, 5) is 32.6. The largest absolute Gasteiger partial charge is 0.483 e. The van der Waals surface area contributed by atoms with Crippen LogP contribution in [0.5, 0.6) is 0 Å². The molecule has 0 bridgehead atoms. The van der Waals surface area contributed by atoms with Crippen LogP contribution in [0, 0.1) is 5.92 Å². The summed E-state index contributed by atoms with van der Waals surface area (Å²) in [6.45, 7) is 0. The van der Waals surface area contributed by atoms with Crippen LogP contribution in [0.15, 0.2) is 53.2 Å². The van der Waals surface area contributed by atoms with Gasteiger partial charge in [0.1, 0.15) is 6.10 Å². The molecule has 3 aliphatic rings. The zero-order valence-corrected chi connectivity index (χ0v) is 15.9. The Hall–Kier alpha value is -2.18. The van der Waals surface area contributed by atoms with Crippen molar-refractivity contribution in [2.24, 2.45) is 5.92 Å². The highest BCUT2D eigenvalue weighted by Gasteiger charge is 2.53. The Morgan fingerprint density at radius 1 is 1.19 bits per heavy atom. The maximum absolute atomic E-state index is 13.4. The van der Waals surface area contributed by atoms with Crippen molar-refractivity contribution in [2.45, 2.75) is 36.8 Å². The summed E-state index contributed by atoms with van der Waals surface area (Å²) in [5, 5.41) is 2.36. The number of ketones is 1. The fraction of sp³-hybridized carbons (Fsp3) is 0.350. The molecule has 3 heterocycles. The van der Waals surface area contributed by atoms with Gasteiger partial charge >= 0.3 is 0 Å². The average molecular weight is 401 g/mol. The molecule has 2 aromatic rings. The van der Waals surface area contributed by atoms with Crippen LogP contribution in [-0.2, 0) is 14.3 Å². The maximum Gasteiger partial charge on any atom is 0.296 e. The van der Waals surface area contributed by atoms with E-state index >= 15 is 0 Å². The molecule has 0 radical (unpaired) electrons. The highest BCUT2D eigenvalue weighted by atomic mass is 35.5. The number of Topliss-reactive ketones (excluding diaryl/α,β-unsaturated/α-hetero) is 1. The number of hydrogen-bond acceptors (Lipinski definition) is 5. The Balaban J connectivity index is 1.64. The first-order chi connectivity index (χ1) is 13.1. The summed E-state index contributed by atoms with van der Waals surface area (Å²) in [7, 11) is 0. The van der Waals surface area contributed by atoms with Gasteiger partial charge in [0.15, 0.2) is 16.7 Å². The van der Waals surface area contributed by atoms with Crippen LogP contribution in [0.3, 0.4) is 0 Å². The van der Waals surface area contributed by atoms with Crippen molar-refractivity contribution in [2.75, 3.05) is 4.90 Å². The molecule has 138 valence electrons. The number of carbonyl (C=O) groups excluding carboxylic acids is 2. The summed E-state index contributed by atoms with van der Waals surface area (Å²) in [5.74, 6) is -0.380. The van der Waals surface area contributed by atoms with Crippen molar-refractivity contribution in [3.8, 4) is 0 Å². The molecule has 5 nitrogen and oxygen atoms in total. The quantitative estimate of drug-likeness (QED) is 0.718. The molecule has 4 atom stereocenters. The Bertz CT molecular complexity index is 928. The number of thiazole rings is 1. The van der Waals surface area contributed by atoms with Crippen molar-refractivity contribution in [1.82, 2.24) is 4.98 Å². The Kier molecular flexibility index (Phi) is 4.06. The second-order valence-electron chi connectivity index (χ2n) is 7.08. The Labute approximate surface area is 165 Å². The monoisotopic (exact) mass is 400 g/mol. The molecule has 1 aromatic heterocycles. The highest BCUT2D eigenvalue weighted by Crippen LogP contribution is 2.48. The molecule has 0 saturated heterocycles. The predicted molar refractivity (Wildman–Crippen MR) is 103 cm³/mol. The van der Waals surface area contributed by atoms with E-state index < -0.39 is 6.04 Å². The number of ether oxygens (including phenoxy) is 1. The van der Waals surface area contributed by atoms with Gasteiger partial charge < -0.3 is 4.74 Å². The number of rotatable bonds is 2. The van der Waals surface area contributed by atoms with Crippen LogP contribution in [0.4, 0.5) is 5.13 Å². The first kappa shape index (κ1) is 17.0. The van der Waals surface area contributed by atoms with Gasteiger partial charge in [-0.25, -0.2) is 4.98 Å². The third-order valence-corrected chi connectivity index (χ3v) is 6.69. The number of fused-ring (bicyclic) bond motifs is 1. The molecular weight excluding hydrogens is 384 g/mol. The van der Waals surface area contributed by atoms with Gasteiger partial charge in [0.05, 0.1) is 17.5 Å². The van der Waals surface area contributed by atoms with Crippen molar-refractivity contribution in [3.05, 3.63) is 58.8 Å². The fourth-order valence-corrected chi connectivity index (χ4v) is 5.28. The molecule has 1 saturated carbocycles. The molecule has 0 spiro atoms. The number of anilines is 1. The van der Waals surface area contributed by atoms with E-state index in [4.69, 9.17) is 16.3 Å². The lowest BCUT2D eigenvalue weighted by Gasteiger charge is -2.37. The van der Waals surface area contributed by atoms with E-state index in [1.165, 1.54) is 11.3 Å². The molecule has 7 heteroatoms. The number of halogens is 1. The minimum Gasteiger partial charge on any atom is -0.483 e. The average Bonchev–Trinajstić information content (AvgIpc) is 3.30. The lowest BCUT2D eigenvalue weighted by molar-refractivity contribution is -0.131. The van der Waals surface area contributed by atoms with Gasteiger partial charge in [-0.2, -0.15) is 0 Å². The maximum atomic E-state index is 13.4. The van der Waals surface area contributed by atoms with Gasteiger partial charge in [-0.05, 0) is 24.8 Å². The van der Waals surface area contributed by atoms with Gasteiger partial charge in [-0.15, -0.1) is 22.9 Å². The first-order valence-electron chi connectivity index (χ1n) is 9.02. The normalized spacial score (nSPS) is 30.2. The number of alkyl halides is 1. The van der Waals surface area contributed by atoms with E-state index in [0.717, 1.165) is 12.0 Å². The first-order valence-corrected chi connectivity index (χ1v) is 10.3. The van der Waals surface area contributed by atoms with Crippen LogP contribution >= 0.6 is 22.9 Å². The number of amides is 1. The lowest BCUT2D eigenvalue weighted by Crippen LogP contribution is -2.41. The number of aromatic nitrogens is 1. The number of nitrogens with zero attached hydrogens (tertiary/aromatic N) is 2. The van der Waals surface area contributed by atoms with Gasteiger partial charge in [-0.1, -0.05) is 30.3 Å². The van der Waals surface area contributed by atoms with Gasteiger partial charge in [0.25, 0.3) is 5.91 Å². The van der Waals surface area contributed by atoms with Crippen molar-refractivity contribution in [3.63, 3.8) is 0 Å². The number of hydrogen-bond donors (Lipinski definition) is 0. The lowest BCUT2D eigenvalue weighted by atomic mass is 9.77. The molecule has 1 fully saturated rings. The van der Waals surface area contributed by atoms with Crippen molar-refractivity contribution in [1.29, 1.82) is 0 Å². The van der Waals surface area contributed by atoms with E-state index in [1.54, 1.807) is 11.1 Å². The van der Waals surface area contributed by atoms with Gasteiger partial charge in [-0.3, -0.25) is 14.5 Å². The second kappa shape index (κ2) is 6.46. The fourth-order valence-electron chi connectivity index (χ4n) is 4.30. The third-order valence-electron chi connectivity index (χ3n) is 5.52. The summed E-state index contributed by atoms with van der Waals surface area (Å²) >= 11 is 7.70. The van der Waals surface area contributed by atoms with E-state index in [0.29, 0.717) is 23.5 Å². The third kappa shape index (κ3) is 2.62. The Morgan fingerprint density at radius 3 is 2.74 bits per heavy atom. The molecule has 1 amide bonds. The van der Waals surface area contributed by atoms with Gasteiger partial charge in [0.2, 0.25) is 0 Å². The number of benzene rings is 1. The van der Waals surface area contributed by atoms with Crippen molar-refractivity contribution >= 4 is 39.8 Å². The van der Waals surface area contributed by atoms with Crippen LogP contribution in [0.1, 0.15) is 30.9 Å². The molecule has 1 aliphatic carbocycles. The zero-order valence-electron chi connectivity index (χ0n) is 14.4. The molecule has 0 N–H and O–H groups in total. The van der Waals surface area contributed by atoms with Crippen molar-refractivity contribution < 1.29 is 14.3 Å². The smallest absolute Gasteiger partial charge is 0.296 e. The SMILES string of the molecule is O=C1C2=C(OC3CCC(Cl)CC13)C(=O)N(c1nccs1)C2c1ccccc1. The van der Waals surface area contributed by atoms with Gasteiger partial charge in [0, 0.05) is 17.0 Å². The van der Waals surface area contributed by atoms with Crippen LogP contribution in [-0.4, -0.2) is 28.2 Å². The predicted octanol–water partition coefficient (Wildman–Crippen LogP) is 3.86. The van der Waals surface area contributed by atoms with E-state index in [9.17, 15) is 9.59 Å².